The Bertz CT molecular complexity index is 524. The van der Waals surface area contributed by atoms with E-state index < -0.39 is 5.97 Å². The molecule has 88 valence electrons. The van der Waals surface area contributed by atoms with E-state index in [1.165, 1.54) is 30.6 Å². The summed E-state index contributed by atoms with van der Waals surface area (Å²) in [5.74, 6) is -0.218. The summed E-state index contributed by atoms with van der Waals surface area (Å²) in [6.45, 7) is 0. The van der Waals surface area contributed by atoms with Crippen molar-refractivity contribution in [1.82, 2.24) is 4.98 Å². The molecule has 0 aliphatic carbocycles. The van der Waals surface area contributed by atoms with E-state index >= 15 is 0 Å². The number of thiazole rings is 1. The number of hydrogen-bond acceptors (Lipinski definition) is 5. The van der Waals surface area contributed by atoms with E-state index in [9.17, 15) is 4.79 Å². The van der Waals surface area contributed by atoms with E-state index in [1.54, 1.807) is 17.6 Å². The number of methoxy groups -OCH3 is 1. The van der Waals surface area contributed by atoms with Crippen LogP contribution in [-0.2, 0) is 0 Å². The van der Waals surface area contributed by atoms with E-state index in [0.717, 1.165) is 0 Å². The molecule has 0 saturated heterocycles. The lowest BCUT2D eigenvalue weighted by Crippen LogP contribution is -1.98. The molecule has 5 nitrogen and oxygen atoms in total. The zero-order valence-corrected chi connectivity index (χ0v) is 9.73. The number of aromatic carboxylic acids is 1. The van der Waals surface area contributed by atoms with Gasteiger partial charge in [0.15, 0.2) is 11.5 Å². The van der Waals surface area contributed by atoms with Crippen LogP contribution in [0.2, 0.25) is 0 Å². The summed E-state index contributed by atoms with van der Waals surface area (Å²) < 4.78 is 10.5. The zero-order chi connectivity index (χ0) is 12.3. The molecular weight excluding hydrogens is 242 g/mol. The van der Waals surface area contributed by atoms with Crippen LogP contribution in [0.5, 0.6) is 16.7 Å². The Morgan fingerprint density at radius 1 is 1.41 bits per heavy atom. The highest BCUT2D eigenvalue weighted by Crippen LogP contribution is 2.33. The quantitative estimate of drug-likeness (QED) is 0.904. The molecule has 17 heavy (non-hydrogen) atoms. The lowest BCUT2D eigenvalue weighted by atomic mass is 10.2. The largest absolute Gasteiger partial charge is 0.493 e. The van der Waals surface area contributed by atoms with Crippen molar-refractivity contribution < 1.29 is 19.4 Å². The lowest BCUT2D eigenvalue weighted by molar-refractivity contribution is 0.0696. The number of nitrogens with zero attached hydrogens (tertiary/aromatic N) is 1. The number of rotatable bonds is 4. The van der Waals surface area contributed by atoms with E-state index in [0.29, 0.717) is 16.7 Å². The van der Waals surface area contributed by atoms with Gasteiger partial charge >= 0.3 is 5.97 Å². The molecule has 0 saturated carbocycles. The average molecular weight is 251 g/mol. The Balaban J connectivity index is 2.35. The van der Waals surface area contributed by atoms with E-state index in [2.05, 4.69) is 4.98 Å². The van der Waals surface area contributed by atoms with E-state index in [4.69, 9.17) is 14.6 Å². The molecule has 0 bridgehead atoms. The standard InChI is InChI=1S/C11H9NO4S/c1-15-8-3-2-7(10(13)14)6-9(8)16-11-12-4-5-17-11/h2-6H,1H3,(H,13,14). The SMILES string of the molecule is COc1ccc(C(=O)O)cc1Oc1nccs1. The minimum Gasteiger partial charge on any atom is -0.493 e. The van der Waals surface area contributed by atoms with Crippen molar-refractivity contribution >= 4 is 17.3 Å². The van der Waals surface area contributed by atoms with E-state index in [-0.39, 0.29) is 5.56 Å². The van der Waals surface area contributed by atoms with Gasteiger partial charge in [0.1, 0.15) is 0 Å². The highest BCUT2D eigenvalue weighted by atomic mass is 32.1. The summed E-state index contributed by atoms with van der Waals surface area (Å²) in [4.78, 5) is 14.8. The number of carbonyl (C=O) groups is 1. The number of benzene rings is 1. The Labute approximate surface area is 101 Å². The van der Waals surface area contributed by atoms with Gasteiger partial charge in [-0.05, 0) is 18.2 Å². The van der Waals surface area contributed by atoms with Crippen molar-refractivity contribution in [2.75, 3.05) is 7.11 Å². The maximum Gasteiger partial charge on any atom is 0.335 e. The molecule has 2 rings (SSSR count). The number of hydrogen-bond donors (Lipinski definition) is 1. The van der Waals surface area contributed by atoms with Crippen molar-refractivity contribution in [1.29, 1.82) is 0 Å². The van der Waals surface area contributed by atoms with Crippen LogP contribution in [-0.4, -0.2) is 23.2 Å². The fourth-order valence-electron chi connectivity index (χ4n) is 1.24. The molecule has 6 heteroatoms. The summed E-state index contributed by atoms with van der Waals surface area (Å²) in [7, 11) is 1.49. The second-order valence-electron chi connectivity index (χ2n) is 3.07. The van der Waals surface area contributed by atoms with Crippen LogP contribution >= 0.6 is 11.3 Å². The molecule has 0 radical (unpaired) electrons. The maximum atomic E-state index is 10.8. The monoisotopic (exact) mass is 251 g/mol. The van der Waals surface area contributed by atoms with Gasteiger partial charge in [-0.2, -0.15) is 0 Å². The van der Waals surface area contributed by atoms with Crippen molar-refractivity contribution in [3.8, 4) is 16.7 Å². The second kappa shape index (κ2) is 4.84. The molecule has 0 aliphatic heterocycles. The predicted molar refractivity (Wildman–Crippen MR) is 62.1 cm³/mol. The van der Waals surface area contributed by atoms with Crippen LogP contribution < -0.4 is 9.47 Å². The highest BCUT2D eigenvalue weighted by Gasteiger charge is 2.11. The molecule has 2 aromatic rings. The molecule has 1 aromatic heterocycles. The number of carboxylic acid groups (broad SMARTS) is 1. The van der Waals surface area contributed by atoms with Gasteiger partial charge in [-0.25, -0.2) is 9.78 Å². The summed E-state index contributed by atoms with van der Waals surface area (Å²) >= 11 is 1.31. The minimum absolute atomic E-state index is 0.136. The molecule has 1 aromatic carbocycles. The summed E-state index contributed by atoms with van der Waals surface area (Å²) in [5.41, 5.74) is 0.136. The van der Waals surface area contributed by atoms with Crippen LogP contribution in [0.1, 0.15) is 10.4 Å². The maximum absolute atomic E-state index is 10.8. The van der Waals surface area contributed by atoms with Gasteiger partial charge in [-0.1, -0.05) is 11.3 Å². The number of carboxylic acids is 1. The first kappa shape index (κ1) is 11.4. The van der Waals surface area contributed by atoms with Gasteiger partial charge in [0.05, 0.1) is 12.7 Å². The highest BCUT2D eigenvalue weighted by molar-refractivity contribution is 7.11. The zero-order valence-electron chi connectivity index (χ0n) is 8.91. The fourth-order valence-corrected chi connectivity index (χ4v) is 1.74. The first-order chi connectivity index (χ1) is 8.20. The summed E-state index contributed by atoms with van der Waals surface area (Å²) in [6, 6.07) is 4.41. The Kier molecular flexibility index (Phi) is 3.24. The van der Waals surface area contributed by atoms with Gasteiger partial charge in [-0.15, -0.1) is 0 Å². The van der Waals surface area contributed by atoms with E-state index in [1.807, 2.05) is 0 Å². The molecule has 0 fully saturated rings. The third-order valence-electron chi connectivity index (χ3n) is 2.02. The Hall–Kier alpha value is -2.08. The third kappa shape index (κ3) is 2.54. The molecule has 0 aliphatic rings. The molecule has 1 heterocycles. The normalized spacial score (nSPS) is 9.94. The third-order valence-corrected chi connectivity index (χ3v) is 2.67. The van der Waals surface area contributed by atoms with Crippen molar-refractivity contribution in [2.24, 2.45) is 0 Å². The first-order valence-electron chi connectivity index (χ1n) is 4.69. The topological polar surface area (TPSA) is 68.7 Å². The number of aromatic nitrogens is 1. The Morgan fingerprint density at radius 2 is 2.24 bits per heavy atom. The van der Waals surface area contributed by atoms with Crippen LogP contribution in [0.25, 0.3) is 0 Å². The molecule has 1 N–H and O–H groups in total. The fraction of sp³-hybridized carbons (Fsp3) is 0.0909. The van der Waals surface area contributed by atoms with Gasteiger partial charge < -0.3 is 14.6 Å². The molecule has 0 amide bonds. The van der Waals surface area contributed by atoms with Gasteiger partial charge in [0.2, 0.25) is 0 Å². The van der Waals surface area contributed by atoms with Gasteiger partial charge in [0.25, 0.3) is 5.19 Å². The minimum atomic E-state index is -1.02. The summed E-state index contributed by atoms with van der Waals surface area (Å²) in [5, 5.41) is 11.1. The van der Waals surface area contributed by atoms with Crippen LogP contribution in [0.15, 0.2) is 29.8 Å². The molecule has 0 unspecified atom stereocenters. The summed E-state index contributed by atoms with van der Waals surface area (Å²) in [6.07, 6.45) is 1.60. The van der Waals surface area contributed by atoms with Crippen LogP contribution in [0.3, 0.4) is 0 Å². The van der Waals surface area contributed by atoms with Crippen molar-refractivity contribution in [3.05, 3.63) is 35.3 Å². The van der Waals surface area contributed by atoms with Gasteiger partial charge in [0, 0.05) is 11.6 Å². The smallest absolute Gasteiger partial charge is 0.335 e. The van der Waals surface area contributed by atoms with Crippen molar-refractivity contribution in [2.45, 2.75) is 0 Å². The first-order valence-corrected chi connectivity index (χ1v) is 5.57. The molecule has 0 atom stereocenters. The lowest BCUT2D eigenvalue weighted by Gasteiger charge is -2.08. The van der Waals surface area contributed by atoms with Gasteiger partial charge in [-0.3, -0.25) is 0 Å². The second-order valence-corrected chi connectivity index (χ2v) is 3.93. The van der Waals surface area contributed by atoms with Crippen molar-refractivity contribution in [3.63, 3.8) is 0 Å². The predicted octanol–water partition coefficient (Wildman–Crippen LogP) is 2.64. The number of ether oxygens (including phenoxy) is 2. The Morgan fingerprint density at radius 3 is 2.82 bits per heavy atom. The molecule has 0 spiro atoms. The molecular formula is C11H9NO4S. The average Bonchev–Trinajstić information content (AvgIpc) is 2.81. The van der Waals surface area contributed by atoms with Crippen LogP contribution in [0, 0.1) is 0 Å². The van der Waals surface area contributed by atoms with Crippen LogP contribution in [0.4, 0.5) is 0 Å².